The lowest BCUT2D eigenvalue weighted by Gasteiger charge is -2.10. The highest BCUT2D eigenvalue weighted by atomic mass is 15.2. The minimum absolute atomic E-state index is 0.686. The second kappa shape index (κ2) is 2.09. The Morgan fingerprint density at radius 2 is 2.09 bits per heavy atom. The molecule has 2 nitrogen and oxygen atoms in total. The van der Waals surface area contributed by atoms with Crippen LogP contribution in [0.2, 0.25) is 0 Å². The standard InChI is InChI=1S/C9H10N2/c1-11-8-5-3-2-4-7(8)6-9(11)10/h2-5,10H,6H2,1H3. The van der Waals surface area contributed by atoms with Crippen molar-refractivity contribution in [2.45, 2.75) is 6.42 Å². The zero-order valence-corrected chi connectivity index (χ0v) is 6.46. The van der Waals surface area contributed by atoms with Crippen molar-refractivity contribution in [3.8, 4) is 0 Å². The Kier molecular flexibility index (Phi) is 1.22. The van der Waals surface area contributed by atoms with E-state index in [1.54, 1.807) is 0 Å². The molecule has 0 amide bonds. The molecule has 0 unspecified atom stereocenters. The minimum atomic E-state index is 0.686. The fourth-order valence-electron chi connectivity index (χ4n) is 1.43. The maximum absolute atomic E-state index is 7.57. The number of likely N-dealkylation sites (N-methyl/N-ethyl adjacent to an activating group) is 1. The molecule has 0 saturated heterocycles. The van der Waals surface area contributed by atoms with E-state index in [1.165, 1.54) is 11.3 Å². The van der Waals surface area contributed by atoms with Crippen LogP contribution in [0.15, 0.2) is 24.3 Å². The molecule has 0 radical (unpaired) electrons. The van der Waals surface area contributed by atoms with Crippen LogP contribution in [0.5, 0.6) is 0 Å². The molecule has 0 aliphatic carbocycles. The molecule has 11 heavy (non-hydrogen) atoms. The summed E-state index contributed by atoms with van der Waals surface area (Å²) in [6.07, 6.45) is 0.784. The first-order valence-corrected chi connectivity index (χ1v) is 3.68. The second-order valence-electron chi connectivity index (χ2n) is 2.81. The van der Waals surface area contributed by atoms with E-state index in [4.69, 9.17) is 5.41 Å². The molecule has 1 aromatic rings. The smallest absolute Gasteiger partial charge is 0.105 e. The number of rotatable bonds is 0. The van der Waals surface area contributed by atoms with Crippen LogP contribution in [-0.2, 0) is 6.42 Å². The van der Waals surface area contributed by atoms with Crippen molar-refractivity contribution < 1.29 is 0 Å². The highest BCUT2D eigenvalue weighted by Gasteiger charge is 2.19. The van der Waals surface area contributed by atoms with Crippen LogP contribution in [-0.4, -0.2) is 12.9 Å². The summed E-state index contributed by atoms with van der Waals surface area (Å²) in [5.74, 6) is 0.686. The highest BCUT2D eigenvalue weighted by molar-refractivity contribution is 6.02. The summed E-state index contributed by atoms with van der Waals surface area (Å²) in [7, 11) is 1.94. The van der Waals surface area contributed by atoms with Crippen molar-refractivity contribution in [3.05, 3.63) is 29.8 Å². The average molecular weight is 146 g/mol. The van der Waals surface area contributed by atoms with Gasteiger partial charge in [-0.15, -0.1) is 0 Å². The van der Waals surface area contributed by atoms with Crippen LogP contribution in [0.25, 0.3) is 0 Å². The summed E-state index contributed by atoms with van der Waals surface area (Å²) >= 11 is 0. The number of nitrogens with one attached hydrogen (secondary N) is 1. The normalized spacial score (nSPS) is 15.4. The molecule has 0 bridgehead atoms. The molecule has 1 aromatic carbocycles. The summed E-state index contributed by atoms with van der Waals surface area (Å²) in [4.78, 5) is 1.93. The Morgan fingerprint density at radius 3 is 2.82 bits per heavy atom. The third kappa shape index (κ3) is 0.827. The number of hydrogen-bond acceptors (Lipinski definition) is 1. The molecule has 1 aliphatic rings. The minimum Gasteiger partial charge on any atom is -0.333 e. The number of fused-ring (bicyclic) bond motifs is 1. The van der Waals surface area contributed by atoms with E-state index in [1.807, 2.05) is 24.1 Å². The number of anilines is 1. The van der Waals surface area contributed by atoms with E-state index in [0.29, 0.717) is 5.84 Å². The summed E-state index contributed by atoms with van der Waals surface area (Å²) in [6, 6.07) is 8.16. The van der Waals surface area contributed by atoms with Gasteiger partial charge >= 0.3 is 0 Å². The lowest BCUT2D eigenvalue weighted by atomic mass is 10.2. The first-order valence-electron chi connectivity index (χ1n) is 3.68. The predicted molar refractivity (Wildman–Crippen MR) is 46.3 cm³/mol. The van der Waals surface area contributed by atoms with Crippen molar-refractivity contribution in [2.75, 3.05) is 11.9 Å². The quantitative estimate of drug-likeness (QED) is 0.592. The first-order chi connectivity index (χ1) is 5.29. The molecule has 2 rings (SSSR count). The van der Waals surface area contributed by atoms with Gasteiger partial charge in [0, 0.05) is 19.2 Å². The molecule has 2 heteroatoms. The van der Waals surface area contributed by atoms with Crippen LogP contribution in [0.4, 0.5) is 5.69 Å². The second-order valence-corrected chi connectivity index (χ2v) is 2.81. The van der Waals surface area contributed by atoms with E-state index < -0.39 is 0 Å². The van der Waals surface area contributed by atoms with E-state index in [-0.39, 0.29) is 0 Å². The summed E-state index contributed by atoms with van der Waals surface area (Å²) in [6.45, 7) is 0. The SMILES string of the molecule is CN1C(=N)Cc2ccccc21. The van der Waals surface area contributed by atoms with Crippen LogP contribution in [0.1, 0.15) is 5.56 Å². The Bertz CT molecular complexity index is 304. The van der Waals surface area contributed by atoms with Gasteiger partial charge in [0.2, 0.25) is 0 Å². The predicted octanol–water partition coefficient (Wildman–Crippen LogP) is 1.66. The monoisotopic (exact) mass is 146 g/mol. The molecule has 0 fully saturated rings. The summed E-state index contributed by atoms with van der Waals surface area (Å²) in [5.41, 5.74) is 2.44. The Labute approximate surface area is 66.0 Å². The fourth-order valence-corrected chi connectivity index (χ4v) is 1.43. The number of benzene rings is 1. The van der Waals surface area contributed by atoms with Crippen LogP contribution in [0.3, 0.4) is 0 Å². The largest absolute Gasteiger partial charge is 0.333 e. The fraction of sp³-hybridized carbons (Fsp3) is 0.222. The molecular formula is C9H10N2. The van der Waals surface area contributed by atoms with Gasteiger partial charge in [-0.2, -0.15) is 0 Å². The van der Waals surface area contributed by atoms with Crippen molar-refractivity contribution in [1.29, 1.82) is 5.41 Å². The third-order valence-electron chi connectivity index (χ3n) is 2.12. The van der Waals surface area contributed by atoms with Gasteiger partial charge in [-0.25, -0.2) is 0 Å². The van der Waals surface area contributed by atoms with Crippen LogP contribution >= 0.6 is 0 Å². The molecule has 1 aliphatic heterocycles. The maximum atomic E-state index is 7.57. The number of nitrogens with zero attached hydrogens (tertiary/aromatic N) is 1. The number of amidine groups is 1. The molecule has 56 valence electrons. The van der Waals surface area contributed by atoms with E-state index in [0.717, 1.165) is 6.42 Å². The lowest BCUT2D eigenvalue weighted by Crippen LogP contribution is -2.19. The van der Waals surface area contributed by atoms with Gasteiger partial charge in [0.1, 0.15) is 5.84 Å². The van der Waals surface area contributed by atoms with E-state index in [9.17, 15) is 0 Å². The van der Waals surface area contributed by atoms with Gasteiger partial charge in [-0.1, -0.05) is 18.2 Å². The maximum Gasteiger partial charge on any atom is 0.105 e. The molecule has 0 spiro atoms. The molecule has 1 N–H and O–H groups in total. The first kappa shape index (κ1) is 6.40. The van der Waals surface area contributed by atoms with Crippen LogP contribution in [0, 0.1) is 5.41 Å². The Morgan fingerprint density at radius 1 is 1.36 bits per heavy atom. The highest BCUT2D eigenvalue weighted by Crippen LogP contribution is 2.26. The third-order valence-corrected chi connectivity index (χ3v) is 2.12. The summed E-state index contributed by atoms with van der Waals surface area (Å²) in [5, 5.41) is 7.57. The van der Waals surface area contributed by atoms with Gasteiger partial charge in [-0.05, 0) is 11.6 Å². The molecular weight excluding hydrogens is 136 g/mol. The Hall–Kier alpha value is -1.31. The van der Waals surface area contributed by atoms with Gasteiger partial charge < -0.3 is 4.90 Å². The number of hydrogen-bond donors (Lipinski definition) is 1. The van der Waals surface area contributed by atoms with E-state index in [2.05, 4.69) is 12.1 Å². The molecule has 1 heterocycles. The van der Waals surface area contributed by atoms with Crippen molar-refractivity contribution in [2.24, 2.45) is 0 Å². The molecule has 0 atom stereocenters. The summed E-state index contributed by atoms with van der Waals surface area (Å²) < 4.78 is 0. The van der Waals surface area contributed by atoms with Crippen molar-refractivity contribution in [1.82, 2.24) is 0 Å². The number of para-hydroxylation sites is 1. The average Bonchev–Trinajstić information content (AvgIpc) is 2.30. The molecule has 0 saturated carbocycles. The van der Waals surface area contributed by atoms with Gasteiger partial charge in [0.25, 0.3) is 0 Å². The van der Waals surface area contributed by atoms with E-state index >= 15 is 0 Å². The van der Waals surface area contributed by atoms with Crippen molar-refractivity contribution in [3.63, 3.8) is 0 Å². The lowest BCUT2D eigenvalue weighted by molar-refractivity contribution is 1.24. The van der Waals surface area contributed by atoms with Crippen LogP contribution < -0.4 is 4.90 Å². The molecule has 0 aromatic heterocycles. The zero-order chi connectivity index (χ0) is 7.84. The topological polar surface area (TPSA) is 27.1 Å². The van der Waals surface area contributed by atoms with Gasteiger partial charge in [0.15, 0.2) is 0 Å². The Balaban J connectivity index is 2.55. The van der Waals surface area contributed by atoms with Gasteiger partial charge in [0.05, 0.1) is 0 Å². The van der Waals surface area contributed by atoms with Crippen molar-refractivity contribution >= 4 is 11.5 Å². The van der Waals surface area contributed by atoms with Gasteiger partial charge in [-0.3, -0.25) is 5.41 Å². The zero-order valence-electron chi connectivity index (χ0n) is 6.46.